The van der Waals surface area contributed by atoms with Crippen LogP contribution >= 0.6 is 0 Å². The first-order valence-electron chi connectivity index (χ1n) is 6.79. The van der Waals surface area contributed by atoms with E-state index in [0.717, 1.165) is 25.3 Å². The number of anilines is 1. The molecule has 0 heterocycles. The molecule has 7 nitrogen and oxygen atoms in total. The van der Waals surface area contributed by atoms with E-state index in [4.69, 9.17) is 10.5 Å². The van der Waals surface area contributed by atoms with Gasteiger partial charge >= 0.3 is 12.2 Å². The summed E-state index contributed by atoms with van der Waals surface area (Å²) in [4.78, 5) is 35.4. The molecule has 0 fully saturated rings. The van der Waals surface area contributed by atoms with Gasteiger partial charge in [-0.2, -0.15) is 0 Å². The molecule has 0 aromatic heterocycles. The summed E-state index contributed by atoms with van der Waals surface area (Å²) < 4.78 is 36.6. The zero-order valence-corrected chi connectivity index (χ0v) is 12.9. The van der Waals surface area contributed by atoms with E-state index >= 15 is 0 Å². The van der Waals surface area contributed by atoms with Crippen molar-refractivity contribution < 1.29 is 32.6 Å². The number of methoxy groups -OCH3 is 1. The van der Waals surface area contributed by atoms with Crippen LogP contribution in [0.3, 0.4) is 0 Å². The number of benzene rings is 2. The normalized spacial score (nSPS) is 10.0. The molecule has 0 aliphatic rings. The number of ether oxygens (including phenoxy) is 2. The van der Waals surface area contributed by atoms with Gasteiger partial charge < -0.3 is 15.2 Å². The minimum Gasteiger partial charge on any atom is -0.437 e. The van der Waals surface area contributed by atoms with Crippen LogP contribution in [0.5, 0.6) is 5.75 Å². The molecule has 0 radical (unpaired) electrons. The quantitative estimate of drug-likeness (QED) is 0.678. The molecule has 0 saturated heterocycles. The van der Waals surface area contributed by atoms with Crippen LogP contribution in [0.4, 0.5) is 24.1 Å². The minimum absolute atomic E-state index is 0.0598. The highest BCUT2D eigenvalue weighted by atomic mass is 19.1. The van der Waals surface area contributed by atoms with Crippen LogP contribution < -0.4 is 15.4 Å². The largest absolute Gasteiger partial charge is 0.513 e. The van der Waals surface area contributed by atoms with Gasteiger partial charge in [0.2, 0.25) is 0 Å². The lowest BCUT2D eigenvalue weighted by Crippen LogP contribution is -2.41. The molecule has 25 heavy (non-hydrogen) atoms. The van der Waals surface area contributed by atoms with Crippen molar-refractivity contribution in [2.24, 2.45) is 5.73 Å². The fraction of sp³-hybridized carbons (Fsp3) is 0.0625. The summed E-state index contributed by atoms with van der Waals surface area (Å²) in [7, 11) is 1.12. The number of nitrogens with zero attached hydrogens (tertiary/aromatic N) is 1. The molecule has 2 N–H and O–H groups in total. The molecule has 0 bridgehead atoms. The topological polar surface area (TPSA) is 98.9 Å². The van der Waals surface area contributed by atoms with Crippen LogP contribution in [-0.4, -0.2) is 25.2 Å². The third-order valence-electron chi connectivity index (χ3n) is 3.06. The Balaban J connectivity index is 2.37. The summed E-state index contributed by atoms with van der Waals surface area (Å²) in [6, 6.07) is 6.50. The van der Waals surface area contributed by atoms with Gasteiger partial charge in [-0.25, -0.2) is 23.3 Å². The van der Waals surface area contributed by atoms with Gasteiger partial charge in [0.15, 0.2) is 0 Å². The van der Waals surface area contributed by atoms with E-state index in [2.05, 4.69) is 4.74 Å². The van der Waals surface area contributed by atoms with Crippen molar-refractivity contribution >= 4 is 23.8 Å². The average molecular weight is 350 g/mol. The highest BCUT2D eigenvalue weighted by Crippen LogP contribution is 2.23. The van der Waals surface area contributed by atoms with Crippen molar-refractivity contribution in [2.45, 2.75) is 0 Å². The van der Waals surface area contributed by atoms with Crippen LogP contribution in [0.25, 0.3) is 0 Å². The molecule has 0 aliphatic heterocycles. The first kappa shape index (κ1) is 17.9. The van der Waals surface area contributed by atoms with E-state index in [1.165, 1.54) is 24.3 Å². The molecule has 2 rings (SSSR count). The molecule has 3 amide bonds. The van der Waals surface area contributed by atoms with Gasteiger partial charge in [-0.3, -0.25) is 4.79 Å². The molecule has 9 heteroatoms. The Morgan fingerprint density at radius 3 is 2.04 bits per heavy atom. The van der Waals surface area contributed by atoms with Crippen LogP contribution in [-0.2, 0) is 4.74 Å². The smallest absolute Gasteiger partial charge is 0.437 e. The maximum absolute atomic E-state index is 13.8. The second-order valence-electron chi connectivity index (χ2n) is 4.63. The predicted octanol–water partition coefficient (Wildman–Crippen LogP) is 2.84. The number of nitrogens with two attached hydrogens (primary N) is 1. The summed E-state index contributed by atoms with van der Waals surface area (Å²) in [5.74, 6) is -3.49. The van der Waals surface area contributed by atoms with E-state index in [-0.39, 0.29) is 11.4 Å². The first-order chi connectivity index (χ1) is 11.8. The number of primary amides is 1. The van der Waals surface area contributed by atoms with E-state index in [9.17, 15) is 23.2 Å². The van der Waals surface area contributed by atoms with Gasteiger partial charge in [0.05, 0.1) is 12.8 Å². The Bertz CT molecular complexity index is 804. The third kappa shape index (κ3) is 3.89. The Kier molecular flexibility index (Phi) is 5.28. The van der Waals surface area contributed by atoms with Crippen molar-refractivity contribution in [3.8, 4) is 5.75 Å². The molecule has 2 aromatic rings. The molecule has 0 saturated carbocycles. The third-order valence-corrected chi connectivity index (χ3v) is 3.06. The van der Waals surface area contributed by atoms with Crippen LogP contribution in [0, 0.1) is 11.6 Å². The number of urea groups is 1. The average Bonchev–Trinajstić information content (AvgIpc) is 2.56. The minimum atomic E-state index is -1.27. The molecule has 0 atom stereocenters. The highest BCUT2D eigenvalue weighted by molar-refractivity contribution is 6.20. The van der Waals surface area contributed by atoms with Crippen molar-refractivity contribution in [3.63, 3.8) is 0 Å². The fourth-order valence-electron chi connectivity index (χ4n) is 1.96. The number of carbonyl (C=O) groups is 3. The molecule has 0 aliphatic carbocycles. The van der Waals surface area contributed by atoms with Gasteiger partial charge in [0, 0.05) is 0 Å². The van der Waals surface area contributed by atoms with Crippen LogP contribution in [0.2, 0.25) is 0 Å². The van der Waals surface area contributed by atoms with Crippen molar-refractivity contribution in [1.82, 2.24) is 0 Å². The lowest BCUT2D eigenvalue weighted by atomic mass is 10.1. The number of hydrogen-bond donors (Lipinski definition) is 1. The second-order valence-corrected chi connectivity index (χ2v) is 4.63. The zero-order valence-electron chi connectivity index (χ0n) is 12.9. The van der Waals surface area contributed by atoms with Gasteiger partial charge in [0.1, 0.15) is 22.9 Å². The standard InChI is InChI=1S/C16H12F2N2O5/c1-24-16(23)25-10-7-5-9(6-8-10)20(15(19)22)14(21)13-11(17)3-2-4-12(13)18/h2-8H,1H3,(H2,19,22). The Hall–Kier alpha value is -3.49. The van der Waals surface area contributed by atoms with E-state index in [1.54, 1.807) is 0 Å². The van der Waals surface area contributed by atoms with Crippen LogP contribution in [0.1, 0.15) is 10.4 Å². The Labute approximate surface area is 140 Å². The number of amides is 3. The SMILES string of the molecule is COC(=O)Oc1ccc(N(C(N)=O)C(=O)c2c(F)cccc2F)cc1. The molecule has 130 valence electrons. The lowest BCUT2D eigenvalue weighted by Gasteiger charge is -2.19. The van der Waals surface area contributed by atoms with E-state index in [0.29, 0.717) is 4.90 Å². The highest BCUT2D eigenvalue weighted by Gasteiger charge is 2.28. The number of imide groups is 1. The predicted molar refractivity (Wildman–Crippen MR) is 82.2 cm³/mol. The maximum Gasteiger partial charge on any atom is 0.513 e. The van der Waals surface area contributed by atoms with Crippen LogP contribution in [0.15, 0.2) is 42.5 Å². The van der Waals surface area contributed by atoms with Crippen molar-refractivity contribution in [2.75, 3.05) is 12.0 Å². The summed E-state index contributed by atoms with van der Waals surface area (Å²) in [5.41, 5.74) is 4.17. The molecule has 2 aromatic carbocycles. The van der Waals surface area contributed by atoms with Gasteiger partial charge in [-0.1, -0.05) is 6.07 Å². The molecule has 0 unspecified atom stereocenters. The van der Waals surface area contributed by atoms with E-state index in [1.807, 2.05) is 0 Å². The second kappa shape index (κ2) is 7.39. The monoisotopic (exact) mass is 350 g/mol. The Morgan fingerprint density at radius 2 is 1.56 bits per heavy atom. The van der Waals surface area contributed by atoms with Gasteiger partial charge in [-0.15, -0.1) is 0 Å². The number of rotatable bonds is 3. The summed E-state index contributed by atoms with van der Waals surface area (Å²) >= 11 is 0. The summed E-state index contributed by atoms with van der Waals surface area (Å²) in [6.45, 7) is 0. The molecule has 0 spiro atoms. The molecular formula is C16H12F2N2O5. The Morgan fingerprint density at radius 1 is 1.00 bits per heavy atom. The first-order valence-corrected chi connectivity index (χ1v) is 6.79. The van der Waals surface area contributed by atoms with Crippen molar-refractivity contribution in [1.29, 1.82) is 0 Å². The zero-order chi connectivity index (χ0) is 18.6. The number of carbonyl (C=O) groups excluding carboxylic acids is 3. The lowest BCUT2D eigenvalue weighted by molar-refractivity contribution is 0.0986. The van der Waals surface area contributed by atoms with Crippen molar-refractivity contribution in [3.05, 3.63) is 59.7 Å². The maximum atomic E-state index is 13.8. The summed E-state index contributed by atoms with van der Waals surface area (Å²) in [5, 5.41) is 0. The van der Waals surface area contributed by atoms with Gasteiger partial charge in [-0.05, 0) is 36.4 Å². The number of halogens is 2. The van der Waals surface area contributed by atoms with E-state index < -0.39 is 35.3 Å². The van der Waals surface area contributed by atoms with Gasteiger partial charge in [0.25, 0.3) is 5.91 Å². The molecular weight excluding hydrogens is 338 g/mol. The summed E-state index contributed by atoms with van der Waals surface area (Å²) in [6.07, 6.45) is -0.969. The number of hydrogen-bond acceptors (Lipinski definition) is 5. The fourth-order valence-corrected chi connectivity index (χ4v) is 1.96.